The van der Waals surface area contributed by atoms with Crippen LogP contribution in [0.15, 0.2) is 76.0 Å². The first-order valence-corrected chi connectivity index (χ1v) is 13.2. The van der Waals surface area contributed by atoms with Crippen molar-refractivity contribution in [2.45, 2.75) is 18.0 Å². The molecule has 1 saturated heterocycles. The lowest BCUT2D eigenvalue weighted by molar-refractivity contribution is -0.132. The highest BCUT2D eigenvalue weighted by Crippen LogP contribution is 2.33. The molecular weight excluding hydrogens is 480 g/mol. The normalized spacial score (nSPS) is 14.3. The summed E-state index contributed by atoms with van der Waals surface area (Å²) in [7, 11) is 0. The van der Waals surface area contributed by atoms with Crippen LogP contribution in [0.25, 0.3) is 27.0 Å². The Labute approximate surface area is 210 Å². The molecule has 0 bridgehead atoms. The Morgan fingerprint density at radius 3 is 2.34 bits per heavy atom. The number of carbonyl (C=O) groups excluding carboxylic acids is 2. The number of nitrogens with two attached hydrogens (primary N) is 1. The van der Waals surface area contributed by atoms with Gasteiger partial charge in [0.1, 0.15) is 4.83 Å². The number of hydrogen-bond acceptors (Lipinski definition) is 6. The highest BCUT2D eigenvalue weighted by molar-refractivity contribution is 7.99. The van der Waals surface area contributed by atoms with Gasteiger partial charge in [0.2, 0.25) is 11.8 Å². The topological polar surface area (TPSA) is 98.3 Å². The van der Waals surface area contributed by atoms with Crippen LogP contribution in [0.4, 0.5) is 0 Å². The zero-order valence-electron chi connectivity index (χ0n) is 18.9. The molecular formula is C26H24N4O3S2. The number of piperidine rings is 1. The molecule has 0 aliphatic carbocycles. The summed E-state index contributed by atoms with van der Waals surface area (Å²) in [5, 5.41) is 3.02. The fraction of sp³-hybridized carbons (Fsp3) is 0.231. The predicted octanol–water partition coefficient (Wildman–Crippen LogP) is 3.93. The van der Waals surface area contributed by atoms with Crippen molar-refractivity contribution in [1.82, 2.24) is 14.5 Å². The van der Waals surface area contributed by atoms with Crippen molar-refractivity contribution < 1.29 is 9.59 Å². The zero-order valence-corrected chi connectivity index (χ0v) is 20.6. The van der Waals surface area contributed by atoms with E-state index in [1.165, 1.54) is 23.1 Å². The molecule has 1 fully saturated rings. The number of thiophene rings is 1. The molecule has 5 rings (SSSR count). The maximum Gasteiger partial charge on any atom is 0.268 e. The van der Waals surface area contributed by atoms with E-state index in [0.29, 0.717) is 47.0 Å². The summed E-state index contributed by atoms with van der Waals surface area (Å²) < 4.78 is 1.60. The molecule has 2 N–H and O–H groups in total. The maximum atomic E-state index is 13.8. The molecule has 1 aliphatic rings. The molecule has 3 heterocycles. The Morgan fingerprint density at radius 2 is 1.69 bits per heavy atom. The molecule has 4 aromatic rings. The lowest BCUT2D eigenvalue weighted by Crippen LogP contribution is -2.42. The van der Waals surface area contributed by atoms with Crippen LogP contribution in [0.1, 0.15) is 12.8 Å². The number of para-hydroxylation sites is 1. The van der Waals surface area contributed by atoms with Gasteiger partial charge in [-0.3, -0.25) is 19.0 Å². The first kappa shape index (κ1) is 23.3. The van der Waals surface area contributed by atoms with Crippen LogP contribution >= 0.6 is 23.1 Å². The van der Waals surface area contributed by atoms with Gasteiger partial charge in [0.15, 0.2) is 5.16 Å². The van der Waals surface area contributed by atoms with E-state index in [0.717, 1.165) is 11.1 Å². The minimum Gasteiger partial charge on any atom is -0.369 e. The fourth-order valence-corrected chi connectivity index (χ4v) is 6.24. The van der Waals surface area contributed by atoms with E-state index in [4.69, 9.17) is 10.7 Å². The van der Waals surface area contributed by atoms with Crippen LogP contribution in [0.3, 0.4) is 0 Å². The number of rotatable bonds is 6. The minimum atomic E-state index is -0.304. The Balaban J connectivity index is 1.48. The van der Waals surface area contributed by atoms with E-state index >= 15 is 0 Å². The highest BCUT2D eigenvalue weighted by Gasteiger charge is 2.26. The number of primary amides is 1. The molecule has 35 heavy (non-hydrogen) atoms. The van der Waals surface area contributed by atoms with Crippen molar-refractivity contribution in [3.8, 4) is 16.8 Å². The first-order valence-electron chi connectivity index (χ1n) is 11.4. The molecule has 1 aliphatic heterocycles. The number of likely N-dealkylation sites (tertiary alicyclic amines) is 1. The van der Waals surface area contributed by atoms with Gasteiger partial charge in [0, 0.05) is 30.0 Å². The zero-order chi connectivity index (χ0) is 24.4. The molecule has 2 aromatic heterocycles. The van der Waals surface area contributed by atoms with Crippen molar-refractivity contribution in [2.24, 2.45) is 11.7 Å². The second kappa shape index (κ2) is 10.1. The van der Waals surface area contributed by atoms with Crippen molar-refractivity contribution in [2.75, 3.05) is 18.8 Å². The second-order valence-corrected chi connectivity index (χ2v) is 10.2. The van der Waals surface area contributed by atoms with E-state index in [2.05, 4.69) is 0 Å². The van der Waals surface area contributed by atoms with Gasteiger partial charge in [0.25, 0.3) is 5.56 Å². The van der Waals surface area contributed by atoms with E-state index < -0.39 is 0 Å². The molecule has 178 valence electrons. The summed E-state index contributed by atoms with van der Waals surface area (Å²) in [6, 6.07) is 19.2. The van der Waals surface area contributed by atoms with Gasteiger partial charge in [-0.2, -0.15) is 0 Å². The number of hydrogen-bond donors (Lipinski definition) is 1. The van der Waals surface area contributed by atoms with E-state index in [-0.39, 0.29) is 29.0 Å². The monoisotopic (exact) mass is 504 g/mol. The molecule has 2 amide bonds. The molecule has 0 atom stereocenters. The predicted molar refractivity (Wildman–Crippen MR) is 140 cm³/mol. The van der Waals surface area contributed by atoms with Gasteiger partial charge in [0.05, 0.1) is 16.8 Å². The summed E-state index contributed by atoms with van der Waals surface area (Å²) in [6.45, 7) is 1.02. The van der Waals surface area contributed by atoms with Gasteiger partial charge in [-0.15, -0.1) is 11.3 Å². The number of fused-ring (bicyclic) bond motifs is 1. The molecule has 2 aromatic carbocycles. The van der Waals surface area contributed by atoms with Crippen molar-refractivity contribution in [3.05, 3.63) is 76.4 Å². The molecule has 0 unspecified atom stereocenters. The third kappa shape index (κ3) is 4.74. The average Bonchev–Trinajstić information content (AvgIpc) is 3.33. The van der Waals surface area contributed by atoms with Crippen LogP contribution in [-0.4, -0.2) is 45.1 Å². The minimum absolute atomic E-state index is 0.0389. The Morgan fingerprint density at radius 1 is 1.03 bits per heavy atom. The summed E-state index contributed by atoms with van der Waals surface area (Å²) in [5.41, 5.74) is 7.78. The molecule has 7 nitrogen and oxygen atoms in total. The van der Waals surface area contributed by atoms with Crippen LogP contribution in [0.5, 0.6) is 0 Å². The fourth-order valence-electron chi connectivity index (χ4n) is 4.33. The third-order valence-electron chi connectivity index (χ3n) is 6.25. The summed E-state index contributed by atoms with van der Waals surface area (Å²) in [6.07, 6.45) is 1.17. The third-order valence-corrected chi connectivity index (χ3v) is 8.05. The standard InChI is InChI=1S/C26H24N4O3S2/c27-23(32)18-11-13-29(14-12-18)21(31)16-35-26-28-24-22(20(15-34-24)17-7-3-1-4-8-17)25(33)30(26)19-9-5-2-6-10-19/h1-10,15,18H,11-14,16H2,(H2,27,32). The highest BCUT2D eigenvalue weighted by atomic mass is 32.2. The second-order valence-electron chi connectivity index (χ2n) is 8.41. The van der Waals surface area contributed by atoms with Crippen molar-refractivity contribution >= 4 is 45.1 Å². The Hall–Kier alpha value is -3.43. The smallest absolute Gasteiger partial charge is 0.268 e. The summed E-state index contributed by atoms with van der Waals surface area (Å²) >= 11 is 2.69. The molecule has 9 heteroatoms. The van der Waals surface area contributed by atoms with E-state index in [1.54, 1.807) is 9.47 Å². The number of aromatic nitrogens is 2. The molecule has 0 radical (unpaired) electrons. The Bertz CT molecular complexity index is 1430. The van der Waals surface area contributed by atoms with Gasteiger partial charge < -0.3 is 10.6 Å². The lowest BCUT2D eigenvalue weighted by Gasteiger charge is -2.30. The van der Waals surface area contributed by atoms with Crippen LogP contribution in [0.2, 0.25) is 0 Å². The maximum absolute atomic E-state index is 13.8. The molecule has 0 spiro atoms. The van der Waals surface area contributed by atoms with Crippen LogP contribution in [0, 0.1) is 5.92 Å². The Kier molecular flexibility index (Phi) is 6.70. The quantitative estimate of drug-likeness (QED) is 0.317. The number of thioether (sulfide) groups is 1. The number of carbonyl (C=O) groups is 2. The van der Waals surface area contributed by atoms with Gasteiger partial charge in [-0.05, 0) is 30.5 Å². The van der Waals surface area contributed by atoms with Gasteiger partial charge in [-0.1, -0.05) is 60.3 Å². The first-order chi connectivity index (χ1) is 17.0. The number of amides is 2. The SMILES string of the molecule is NC(=O)C1CCN(C(=O)CSc2nc3scc(-c4ccccc4)c3c(=O)n2-c2ccccc2)CC1. The van der Waals surface area contributed by atoms with Gasteiger partial charge in [-0.25, -0.2) is 4.98 Å². The van der Waals surface area contributed by atoms with Gasteiger partial charge >= 0.3 is 0 Å². The average molecular weight is 505 g/mol. The van der Waals surface area contributed by atoms with Crippen molar-refractivity contribution in [1.29, 1.82) is 0 Å². The van der Waals surface area contributed by atoms with E-state index in [1.807, 2.05) is 66.0 Å². The lowest BCUT2D eigenvalue weighted by atomic mass is 9.96. The largest absolute Gasteiger partial charge is 0.369 e. The summed E-state index contributed by atoms with van der Waals surface area (Å²) in [4.78, 5) is 45.4. The van der Waals surface area contributed by atoms with E-state index in [9.17, 15) is 14.4 Å². The van der Waals surface area contributed by atoms with Crippen LogP contribution in [-0.2, 0) is 9.59 Å². The van der Waals surface area contributed by atoms with Crippen LogP contribution < -0.4 is 11.3 Å². The number of benzene rings is 2. The van der Waals surface area contributed by atoms with Crippen molar-refractivity contribution in [3.63, 3.8) is 0 Å². The summed E-state index contributed by atoms with van der Waals surface area (Å²) in [5.74, 6) is -0.357. The number of nitrogens with zero attached hydrogens (tertiary/aromatic N) is 3. The molecule has 0 saturated carbocycles.